The molecule has 1 rings (SSSR count). The second-order valence-corrected chi connectivity index (χ2v) is 4.82. The Bertz CT molecular complexity index is 327. The normalized spacial score (nSPS) is 15.0. The monoisotopic (exact) mass is 273 g/mol. The summed E-state index contributed by atoms with van der Waals surface area (Å²) in [7, 11) is 0. The third-order valence-electron chi connectivity index (χ3n) is 2.69. The van der Waals surface area contributed by atoms with Gasteiger partial charge in [0.15, 0.2) is 0 Å². The molecule has 15 heavy (non-hydrogen) atoms. The lowest BCUT2D eigenvalue weighted by Gasteiger charge is -2.19. The molecular formula is C12H17BrFN. The number of hydrogen-bond acceptors (Lipinski definition) is 1. The minimum atomic E-state index is -0.242. The number of benzene rings is 1. The maximum Gasteiger partial charge on any atom is 0.137 e. The summed E-state index contributed by atoms with van der Waals surface area (Å²) in [5.74, 6) is 0.182. The van der Waals surface area contributed by atoms with E-state index in [2.05, 4.69) is 29.8 Å². The number of halogens is 2. The van der Waals surface area contributed by atoms with Crippen LogP contribution in [-0.4, -0.2) is 0 Å². The van der Waals surface area contributed by atoms with Gasteiger partial charge < -0.3 is 5.73 Å². The zero-order valence-electron chi connectivity index (χ0n) is 9.13. The van der Waals surface area contributed by atoms with Gasteiger partial charge in [0, 0.05) is 6.04 Å². The van der Waals surface area contributed by atoms with Crippen LogP contribution in [0.2, 0.25) is 0 Å². The van der Waals surface area contributed by atoms with E-state index in [0.717, 1.165) is 18.4 Å². The van der Waals surface area contributed by atoms with E-state index >= 15 is 0 Å². The van der Waals surface area contributed by atoms with Gasteiger partial charge in [-0.2, -0.15) is 0 Å². The Hall–Kier alpha value is -0.410. The van der Waals surface area contributed by atoms with Crippen molar-refractivity contribution in [2.45, 2.75) is 32.7 Å². The van der Waals surface area contributed by atoms with E-state index < -0.39 is 0 Å². The lowest BCUT2D eigenvalue weighted by molar-refractivity contribution is 0.433. The zero-order chi connectivity index (χ0) is 11.4. The summed E-state index contributed by atoms with van der Waals surface area (Å²) >= 11 is 3.17. The van der Waals surface area contributed by atoms with E-state index in [9.17, 15) is 4.39 Å². The van der Waals surface area contributed by atoms with Gasteiger partial charge in [-0.15, -0.1) is 0 Å². The highest BCUT2D eigenvalue weighted by atomic mass is 79.9. The van der Waals surface area contributed by atoms with Gasteiger partial charge in [-0.25, -0.2) is 4.39 Å². The van der Waals surface area contributed by atoms with E-state index in [1.807, 2.05) is 0 Å². The molecule has 0 saturated carbocycles. The molecule has 2 N–H and O–H groups in total. The molecule has 2 unspecified atom stereocenters. The van der Waals surface area contributed by atoms with Crippen molar-refractivity contribution in [1.29, 1.82) is 0 Å². The van der Waals surface area contributed by atoms with Gasteiger partial charge >= 0.3 is 0 Å². The maximum absolute atomic E-state index is 13.0. The molecule has 0 heterocycles. The van der Waals surface area contributed by atoms with Crippen molar-refractivity contribution in [2.75, 3.05) is 0 Å². The quantitative estimate of drug-likeness (QED) is 0.881. The van der Waals surface area contributed by atoms with E-state index in [-0.39, 0.29) is 11.9 Å². The Kier molecular flexibility index (Phi) is 4.74. The van der Waals surface area contributed by atoms with Crippen LogP contribution < -0.4 is 5.73 Å². The molecule has 0 aromatic heterocycles. The number of hydrogen-bond donors (Lipinski definition) is 1. The topological polar surface area (TPSA) is 26.0 Å². The summed E-state index contributed by atoms with van der Waals surface area (Å²) in [6.45, 7) is 4.27. The highest BCUT2D eigenvalue weighted by Crippen LogP contribution is 2.26. The van der Waals surface area contributed by atoms with Crippen LogP contribution >= 0.6 is 15.9 Å². The Morgan fingerprint density at radius 2 is 2.13 bits per heavy atom. The van der Waals surface area contributed by atoms with Gasteiger partial charge in [0.2, 0.25) is 0 Å². The minimum absolute atomic E-state index is 0.0122. The van der Waals surface area contributed by atoms with Crippen LogP contribution in [0.3, 0.4) is 0 Å². The highest BCUT2D eigenvalue weighted by Gasteiger charge is 2.14. The predicted molar refractivity (Wildman–Crippen MR) is 65.1 cm³/mol. The summed E-state index contributed by atoms with van der Waals surface area (Å²) in [6.07, 6.45) is 2.22. The van der Waals surface area contributed by atoms with Gasteiger partial charge in [-0.1, -0.05) is 26.3 Å². The molecule has 2 atom stereocenters. The van der Waals surface area contributed by atoms with Gasteiger partial charge in [0.1, 0.15) is 5.82 Å². The van der Waals surface area contributed by atoms with E-state index in [4.69, 9.17) is 5.73 Å². The zero-order valence-corrected chi connectivity index (χ0v) is 10.7. The standard InChI is InChI=1S/C12H17BrFN/c1-3-4-8(2)12(15)9-5-6-11(14)10(13)7-9/h5-8,12H,3-4,15H2,1-2H3. The molecule has 0 aliphatic heterocycles. The lowest BCUT2D eigenvalue weighted by Crippen LogP contribution is -2.19. The Morgan fingerprint density at radius 3 is 2.67 bits per heavy atom. The van der Waals surface area contributed by atoms with E-state index in [1.54, 1.807) is 12.1 Å². The molecule has 0 spiro atoms. The summed E-state index contributed by atoms with van der Waals surface area (Å²) in [6, 6.07) is 4.97. The van der Waals surface area contributed by atoms with Crippen molar-refractivity contribution < 1.29 is 4.39 Å². The number of nitrogens with two attached hydrogens (primary N) is 1. The first kappa shape index (κ1) is 12.7. The first-order chi connectivity index (χ1) is 7.06. The SMILES string of the molecule is CCCC(C)C(N)c1ccc(F)c(Br)c1. The molecule has 0 aliphatic rings. The summed E-state index contributed by atoms with van der Waals surface area (Å²) < 4.78 is 13.5. The fourth-order valence-electron chi connectivity index (χ4n) is 1.68. The average Bonchev–Trinajstić information content (AvgIpc) is 2.21. The van der Waals surface area contributed by atoms with E-state index in [1.165, 1.54) is 6.07 Å². The molecular weight excluding hydrogens is 257 g/mol. The van der Waals surface area contributed by atoms with Crippen LogP contribution in [0.15, 0.2) is 22.7 Å². The lowest BCUT2D eigenvalue weighted by atomic mass is 9.92. The Labute approximate surface area is 99.0 Å². The first-order valence-corrected chi connectivity index (χ1v) is 6.06. The van der Waals surface area contributed by atoms with E-state index in [0.29, 0.717) is 10.4 Å². The number of rotatable bonds is 4. The minimum Gasteiger partial charge on any atom is -0.324 e. The van der Waals surface area contributed by atoms with Gasteiger partial charge in [0.05, 0.1) is 4.47 Å². The highest BCUT2D eigenvalue weighted by molar-refractivity contribution is 9.10. The molecule has 1 aromatic rings. The second-order valence-electron chi connectivity index (χ2n) is 3.97. The Morgan fingerprint density at radius 1 is 1.47 bits per heavy atom. The third kappa shape index (κ3) is 3.28. The van der Waals surface area contributed by atoms with Crippen LogP contribution in [0.1, 0.15) is 38.3 Å². The maximum atomic E-state index is 13.0. The third-order valence-corrected chi connectivity index (χ3v) is 3.29. The molecule has 3 heteroatoms. The van der Waals surface area contributed by atoms with Crippen molar-refractivity contribution >= 4 is 15.9 Å². The van der Waals surface area contributed by atoms with Crippen molar-refractivity contribution in [3.63, 3.8) is 0 Å². The summed E-state index contributed by atoms with van der Waals surface area (Å²) in [5, 5.41) is 0. The fraction of sp³-hybridized carbons (Fsp3) is 0.500. The second kappa shape index (κ2) is 5.61. The van der Waals surface area contributed by atoms with Crippen LogP contribution in [0.5, 0.6) is 0 Å². The average molecular weight is 274 g/mol. The van der Waals surface area contributed by atoms with Gasteiger partial charge in [-0.3, -0.25) is 0 Å². The van der Waals surface area contributed by atoms with Gasteiger partial charge in [-0.05, 0) is 46.0 Å². The summed E-state index contributed by atoms with van der Waals surface area (Å²) in [4.78, 5) is 0. The molecule has 1 nitrogen and oxygen atoms in total. The Balaban J connectivity index is 2.81. The molecule has 0 bridgehead atoms. The van der Waals surface area contributed by atoms with Crippen molar-refractivity contribution in [3.8, 4) is 0 Å². The fourth-order valence-corrected chi connectivity index (χ4v) is 2.08. The van der Waals surface area contributed by atoms with Crippen molar-refractivity contribution in [3.05, 3.63) is 34.1 Å². The summed E-state index contributed by atoms with van der Waals surface area (Å²) in [5.41, 5.74) is 7.09. The van der Waals surface area contributed by atoms with Crippen LogP contribution in [0.25, 0.3) is 0 Å². The largest absolute Gasteiger partial charge is 0.324 e. The van der Waals surface area contributed by atoms with Crippen LogP contribution in [0, 0.1) is 11.7 Å². The van der Waals surface area contributed by atoms with Gasteiger partial charge in [0.25, 0.3) is 0 Å². The molecule has 0 aliphatic carbocycles. The van der Waals surface area contributed by atoms with Crippen molar-refractivity contribution in [2.24, 2.45) is 11.7 Å². The molecule has 0 fully saturated rings. The molecule has 1 aromatic carbocycles. The molecule has 0 amide bonds. The molecule has 0 saturated heterocycles. The molecule has 0 radical (unpaired) electrons. The first-order valence-electron chi connectivity index (χ1n) is 5.26. The van der Waals surface area contributed by atoms with Crippen molar-refractivity contribution in [1.82, 2.24) is 0 Å². The smallest absolute Gasteiger partial charge is 0.137 e. The molecule has 84 valence electrons. The predicted octanol–water partition coefficient (Wildman–Crippen LogP) is 4.02. The van der Waals surface area contributed by atoms with Crippen LogP contribution in [-0.2, 0) is 0 Å². The van der Waals surface area contributed by atoms with Crippen LogP contribution in [0.4, 0.5) is 4.39 Å².